The van der Waals surface area contributed by atoms with E-state index in [9.17, 15) is 9.50 Å². The number of likely N-dealkylation sites (tertiary alicyclic amines) is 1. The van der Waals surface area contributed by atoms with Gasteiger partial charge in [0.15, 0.2) is 5.82 Å². The number of benzene rings is 1. The normalized spacial score (nSPS) is 18.7. The van der Waals surface area contributed by atoms with E-state index < -0.39 is 0 Å². The Morgan fingerprint density at radius 1 is 1.31 bits per heavy atom. The zero-order chi connectivity index (χ0) is 18.4. The lowest BCUT2D eigenvalue weighted by molar-refractivity contribution is 0.228. The molecule has 0 radical (unpaired) electrons. The SMILES string of the molecule is CN1CCCCCC1c1nc(COc2cccc(F)c2)nn1CCCO. The third-order valence-electron chi connectivity index (χ3n) is 4.75. The molecular formula is C19H27FN4O2. The minimum atomic E-state index is -0.329. The van der Waals surface area contributed by atoms with E-state index in [-0.39, 0.29) is 25.1 Å². The van der Waals surface area contributed by atoms with E-state index in [0.29, 0.717) is 24.5 Å². The van der Waals surface area contributed by atoms with E-state index in [2.05, 4.69) is 17.0 Å². The number of aromatic nitrogens is 3. The number of rotatable bonds is 7. The zero-order valence-electron chi connectivity index (χ0n) is 15.3. The molecule has 0 saturated carbocycles. The quantitative estimate of drug-likeness (QED) is 0.820. The first kappa shape index (κ1) is 18.8. The number of halogens is 1. The van der Waals surface area contributed by atoms with Gasteiger partial charge in [0.25, 0.3) is 0 Å². The standard InChI is InChI=1S/C19H27FN4O2/c1-23-10-4-2-3-9-17(23)19-21-18(22-24(19)11-6-12-25)14-26-16-8-5-7-15(20)13-16/h5,7-8,13,17,25H,2-4,6,9-12,14H2,1H3. The van der Waals surface area contributed by atoms with Crippen LogP contribution in [-0.2, 0) is 13.2 Å². The van der Waals surface area contributed by atoms with Gasteiger partial charge in [-0.25, -0.2) is 14.1 Å². The van der Waals surface area contributed by atoms with E-state index >= 15 is 0 Å². The number of hydrogen-bond donors (Lipinski definition) is 1. The summed E-state index contributed by atoms with van der Waals surface area (Å²) in [5.74, 6) is 1.65. The highest BCUT2D eigenvalue weighted by atomic mass is 19.1. The van der Waals surface area contributed by atoms with Gasteiger partial charge < -0.3 is 9.84 Å². The Balaban J connectivity index is 1.76. The molecule has 0 aliphatic carbocycles. The van der Waals surface area contributed by atoms with Crippen LogP contribution >= 0.6 is 0 Å². The van der Waals surface area contributed by atoms with Crippen LogP contribution in [0.3, 0.4) is 0 Å². The predicted octanol–water partition coefficient (Wildman–Crippen LogP) is 2.93. The Kier molecular flexibility index (Phi) is 6.57. The molecule has 142 valence electrons. The number of nitrogens with zero attached hydrogens (tertiary/aromatic N) is 4. The van der Waals surface area contributed by atoms with Gasteiger partial charge in [0, 0.05) is 19.2 Å². The van der Waals surface area contributed by atoms with Crippen molar-refractivity contribution in [2.75, 3.05) is 20.2 Å². The number of hydrogen-bond acceptors (Lipinski definition) is 5. The van der Waals surface area contributed by atoms with Gasteiger partial charge >= 0.3 is 0 Å². The molecule has 1 aliphatic heterocycles. The van der Waals surface area contributed by atoms with E-state index in [1.54, 1.807) is 12.1 Å². The second kappa shape index (κ2) is 9.09. The van der Waals surface area contributed by atoms with Crippen LogP contribution in [0, 0.1) is 5.82 Å². The minimum Gasteiger partial charge on any atom is -0.485 e. The summed E-state index contributed by atoms with van der Waals surface area (Å²) in [7, 11) is 2.13. The van der Waals surface area contributed by atoms with Crippen LogP contribution in [-0.4, -0.2) is 45.0 Å². The lowest BCUT2D eigenvalue weighted by atomic mass is 10.1. The summed E-state index contributed by atoms with van der Waals surface area (Å²) in [6.07, 6.45) is 5.31. The number of aliphatic hydroxyl groups is 1. The summed E-state index contributed by atoms with van der Waals surface area (Å²) in [4.78, 5) is 7.06. The van der Waals surface area contributed by atoms with Crippen molar-refractivity contribution in [1.29, 1.82) is 0 Å². The Bertz CT molecular complexity index is 707. The maximum atomic E-state index is 13.3. The maximum Gasteiger partial charge on any atom is 0.188 e. The van der Waals surface area contributed by atoms with Crippen molar-refractivity contribution in [3.05, 3.63) is 41.7 Å². The predicted molar refractivity (Wildman–Crippen MR) is 96.3 cm³/mol. The molecule has 1 N–H and O–H groups in total. The first-order valence-corrected chi connectivity index (χ1v) is 9.30. The molecule has 0 spiro atoms. The average molecular weight is 362 g/mol. The summed E-state index contributed by atoms with van der Waals surface area (Å²) in [5, 5.41) is 13.8. The van der Waals surface area contributed by atoms with Crippen molar-refractivity contribution >= 4 is 0 Å². The van der Waals surface area contributed by atoms with Gasteiger partial charge in [-0.1, -0.05) is 18.9 Å². The van der Waals surface area contributed by atoms with Gasteiger partial charge in [-0.2, -0.15) is 5.10 Å². The van der Waals surface area contributed by atoms with Crippen molar-refractivity contribution in [2.45, 2.75) is 51.3 Å². The zero-order valence-corrected chi connectivity index (χ0v) is 15.3. The van der Waals surface area contributed by atoms with Gasteiger partial charge in [0.05, 0.1) is 6.04 Å². The van der Waals surface area contributed by atoms with Crippen LogP contribution in [0.5, 0.6) is 5.75 Å². The summed E-state index contributed by atoms with van der Waals surface area (Å²) in [6.45, 7) is 1.99. The Morgan fingerprint density at radius 3 is 3.00 bits per heavy atom. The molecule has 26 heavy (non-hydrogen) atoms. The largest absolute Gasteiger partial charge is 0.485 e. The lowest BCUT2D eigenvalue weighted by Gasteiger charge is -2.25. The monoisotopic (exact) mass is 362 g/mol. The van der Waals surface area contributed by atoms with E-state index in [1.165, 1.54) is 31.4 Å². The summed E-state index contributed by atoms with van der Waals surface area (Å²) >= 11 is 0. The number of ether oxygens (including phenoxy) is 1. The third-order valence-corrected chi connectivity index (χ3v) is 4.75. The molecule has 2 aromatic rings. The van der Waals surface area contributed by atoms with E-state index in [4.69, 9.17) is 9.72 Å². The van der Waals surface area contributed by atoms with Gasteiger partial charge in [-0.15, -0.1) is 0 Å². The lowest BCUT2D eigenvalue weighted by Crippen LogP contribution is -2.27. The molecule has 2 heterocycles. The van der Waals surface area contributed by atoms with Gasteiger partial charge in [-0.05, 0) is 45.0 Å². The molecule has 1 fully saturated rings. The molecule has 3 rings (SSSR count). The first-order valence-electron chi connectivity index (χ1n) is 9.30. The Hall–Kier alpha value is -1.99. The van der Waals surface area contributed by atoms with Crippen molar-refractivity contribution < 1.29 is 14.2 Å². The van der Waals surface area contributed by atoms with Crippen molar-refractivity contribution in [3.63, 3.8) is 0 Å². The van der Waals surface area contributed by atoms with Crippen LogP contribution in [0.15, 0.2) is 24.3 Å². The van der Waals surface area contributed by atoms with Gasteiger partial charge in [-0.3, -0.25) is 4.90 Å². The highest BCUT2D eigenvalue weighted by molar-refractivity contribution is 5.22. The molecule has 1 aliphatic rings. The fourth-order valence-corrected chi connectivity index (χ4v) is 3.38. The second-order valence-corrected chi connectivity index (χ2v) is 6.78. The molecule has 1 unspecified atom stereocenters. The topological polar surface area (TPSA) is 63.4 Å². The molecule has 0 bridgehead atoms. The fraction of sp³-hybridized carbons (Fsp3) is 0.579. The summed E-state index contributed by atoms with van der Waals surface area (Å²) in [5.41, 5.74) is 0. The third kappa shape index (κ3) is 4.80. The average Bonchev–Trinajstić information content (AvgIpc) is 2.91. The van der Waals surface area contributed by atoms with E-state index in [1.807, 2.05) is 4.68 Å². The maximum absolute atomic E-state index is 13.3. The molecular weight excluding hydrogens is 335 g/mol. The molecule has 1 saturated heterocycles. The highest BCUT2D eigenvalue weighted by Crippen LogP contribution is 2.28. The molecule has 7 heteroatoms. The van der Waals surface area contributed by atoms with Crippen molar-refractivity contribution in [3.8, 4) is 5.75 Å². The van der Waals surface area contributed by atoms with Crippen LogP contribution in [0.1, 0.15) is 49.8 Å². The van der Waals surface area contributed by atoms with Crippen LogP contribution in [0.4, 0.5) is 4.39 Å². The molecule has 1 aromatic heterocycles. The number of aryl methyl sites for hydroxylation is 1. The van der Waals surface area contributed by atoms with Crippen molar-refractivity contribution in [1.82, 2.24) is 19.7 Å². The summed E-state index contributed by atoms with van der Waals surface area (Å²) < 4.78 is 20.8. The van der Waals surface area contributed by atoms with Crippen LogP contribution < -0.4 is 4.74 Å². The Morgan fingerprint density at radius 2 is 2.19 bits per heavy atom. The van der Waals surface area contributed by atoms with Crippen LogP contribution in [0.25, 0.3) is 0 Å². The Labute approximate surface area is 153 Å². The smallest absolute Gasteiger partial charge is 0.188 e. The van der Waals surface area contributed by atoms with Gasteiger partial charge in [0.2, 0.25) is 0 Å². The van der Waals surface area contributed by atoms with Gasteiger partial charge in [0.1, 0.15) is 24.0 Å². The van der Waals surface area contributed by atoms with Crippen molar-refractivity contribution in [2.24, 2.45) is 0 Å². The molecule has 0 amide bonds. The van der Waals surface area contributed by atoms with E-state index in [0.717, 1.165) is 18.8 Å². The molecule has 1 atom stereocenters. The minimum absolute atomic E-state index is 0.120. The second-order valence-electron chi connectivity index (χ2n) is 6.78. The molecule has 6 nitrogen and oxygen atoms in total. The first-order chi connectivity index (χ1) is 12.7. The highest BCUT2D eigenvalue weighted by Gasteiger charge is 2.25. The molecule has 1 aromatic carbocycles. The number of aliphatic hydroxyl groups excluding tert-OH is 1. The van der Waals surface area contributed by atoms with Crippen LogP contribution in [0.2, 0.25) is 0 Å². The summed E-state index contributed by atoms with van der Waals surface area (Å²) in [6, 6.07) is 6.29. The fourth-order valence-electron chi connectivity index (χ4n) is 3.38.